The number of hydrogen-bond donors (Lipinski definition) is 2. The van der Waals surface area contributed by atoms with Gasteiger partial charge in [-0.1, -0.05) is 6.92 Å². The monoisotopic (exact) mass is 400 g/mol. The zero-order valence-electron chi connectivity index (χ0n) is 18.2. The van der Waals surface area contributed by atoms with E-state index in [4.69, 9.17) is 9.15 Å². The van der Waals surface area contributed by atoms with Gasteiger partial charge in [-0.15, -0.1) is 0 Å². The molecule has 1 aromatic carbocycles. The van der Waals surface area contributed by atoms with Crippen LogP contribution in [0.4, 0.5) is 0 Å². The van der Waals surface area contributed by atoms with E-state index >= 15 is 0 Å². The van der Waals surface area contributed by atoms with Gasteiger partial charge in [-0.05, 0) is 71.6 Å². The Kier molecular flexibility index (Phi) is 5.77. The fourth-order valence-electron chi connectivity index (χ4n) is 4.58. The summed E-state index contributed by atoms with van der Waals surface area (Å²) < 4.78 is 11.2. The van der Waals surface area contributed by atoms with E-state index in [1.807, 2.05) is 19.1 Å². The van der Waals surface area contributed by atoms with Crippen molar-refractivity contribution in [2.75, 3.05) is 0 Å². The highest BCUT2D eigenvalue weighted by Gasteiger charge is 2.38. The van der Waals surface area contributed by atoms with Crippen LogP contribution in [0.3, 0.4) is 0 Å². The van der Waals surface area contributed by atoms with Crippen molar-refractivity contribution in [2.24, 2.45) is 0 Å². The Morgan fingerprint density at radius 3 is 2.52 bits per heavy atom. The SMILES string of the molecule is CCc1cc(=O)oc2cc(O[C@@H](C)C(=O)NC3CC(C)(C)NC(C)(C)C3)ccc12. The second kappa shape index (κ2) is 7.82. The Hall–Kier alpha value is -2.34. The third-order valence-corrected chi connectivity index (χ3v) is 5.40. The summed E-state index contributed by atoms with van der Waals surface area (Å²) in [5.74, 6) is 0.356. The van der Waals surface area contributed by atoms with Crippen molar-refractivity contribution in [3.8, 4) is 5.75 Å². The third kappa shape index (κ3) is 5.18. The molecule has 0 saturated carbocycles. The minimum atomic E-state index is -0.658. The molecule has 0 radical (unpaired) electrons. The van der Waals surface area contributed by atoms with Crippen molar-refractivity contribution < 1.29 is 13.9 Å². The second-order valence-corrected chi connectivity index (χ2v) is 9.37. The van der Waals surface area contributed by atoms with Crippen LogP contribution in [0, 0.1) is 0 Å². The number of ether oxygens (including phenoxy) is 1. The van der Waals surface area contributed by atoms with E-state index in [2.05, 4.69) is 38.3 Å². The number of hydrogen-bond acceptors (Lipinski definition) is 5. The number of benzene rings is 1. The van der Waals surface area contributed by atoms with Crippen LogP contribution in [-0.2, 0) is 11.2 Å². The number of fused-ring (bicyclic) bond motifs is 1. The molecule has 0 bridgehead atoms. The number of piperidine rings is 1. The first-order chi connectivity index (χ1) is 13.5. The van der Waals surface area contributed by atoms with Crippen molar-refractivity contribution >= 4 is 16.9 Å². The molecule has 1 aliphatic rings. The molecule has 0 unspecified atom stereocenters. The number of nitrogens with one attached hydrogen (secondary N) is 2. The van der Waals surface area contributed by atoms with Gasteiger partial charge in [0.15, 0.2) is 6.10 Å². The first-order valence-electron chi connectivity index (χ1n) is 10.3. The van der Waals surface area contributed by atoms with Gasteiger partial charge in [0.2, 0.25) is 0 Å². The zero-order valence-corrected chi connectivity index (χ0v) is 18.2. The molecule has 1 amide bonds. The molecule has 1 atom stereocenters. The fourth-order valence-corrected chi connectivity index (χ4v) is 4.58. The van der Waals surface area contributed by atoms with Crippen LogP contribution in [0.2, 0.25) is 0 Å². The molecule has 0 aliphatic carbocycles. The quantitative estimate of drug-likeness (QED) is 0.751. The van der Waals surface area contributed by atoms with E-state index in [1.54, 1.807) is 13.0 Å². The van der Waals surface area contributed by atoms with E-state index in [0.717, 1.165) is 30.2 Å². The average Bonchev–Trinajstić information content (AvgIpc) is 2.57. The maximum Gasteiger partial charge on any atom is 0.336 e. The summed E-state index contributed by atoms with van der Waals surface area (Å²) in [7, 11) is 0. The van der Waals surface area contributed by atoms with Crippen LogP contribution in [0.25, 0.3) is 11.0 Å². The maximum atomic E-state index is 12.7. The summed E-state index contributed by atoms with van der Waals surface area (Å²) >= 11 is 0. The number of aryl methyl sites for hydroxylation is 1. The normalized spacial score (nSPS) is 19.7. The first-order valence-corrected chi connectivity index (χ1v) is 10.3. The minimum Gasteiger partial charge on any atom is -0.481 e. The van der Waals surface area contributed by atoms with Crippen LogP contribution in [0.1, 0.15) is 59.9 Å². The Morgan fingerprint density at radius 1 is 1.24 bits per heavy atom. The lowest BCUT2D eigenvalue weighted by atomic mass is 9.79. The zero-order chi connectivity index (χ0) is 21.4. The van der Waals surface area contributed by atoms with E-state index in [-0.39, 0.29) is 28.7 Å². The van der Waals surface area contributed by atoms with E-state index in [1.165, 1.54) is 6.07 Å². The van der Waals surface area contributed by atoms with E-state index in [0.29, 0.717) is 11.3 Å². The molecule has 158 valence electrons. The molecule has 1 fully saturated rings. The molecule has 2 N–H and O–H groups in total. The van der Waals surface area contributed by atoms with Crippen molar-refractivity contribution in [3.05, 3.63) is 40.2 Å². The average molecular weight is 401 g/mol. The lowest BCUT2D eigenvalue weighted by molar-refractivity contribution is -0.128. The molecular formula is C23H32N2O4. The van der Waals surface area contributed by atoms with E-state index < -0.39 is 6.10 Å². The molecular weight excluding hydrogens is 368 g/mol. The van der Waals surface area contributed by atoms with Gasteiger partial charge in [0.05, 0.1) is 0 Å². The predicted octanol–water partition coefficient (Wildman–Crippen LogP) is 3.55. The molecule has 6 nitrogen and oxygen atoms in total. The Labute approximate surface area is 172 Å². The minimum absolute atomic E-state index is 0.0450. The third-order valence-electron chi connectivity index (χ3n) is 5.40. The number of carbonyl (C=O) groups excluding carboxylic acids is 1. The highest BCUT2D eigenvalue weighted by Crippen LogP contribution is 2.29. The summed E-state index contributed by atoms with van der Waals surface area (Å²) in [5, 5.41) is 7.64. The van der Waals surface area contributed by atoms with Crippen LogP contribution in [-0.4, -0.2) is 29.1 Å². The molecule has 0 spiro atoms. The van der Waals surface area contributed by atoms with Gasteiger partial charge in [0, 0.05) is 34.6 Å². The van der Waals surface area contributed by atoms with Crippen LogP contribution >= 0.6 is 0 Å². The lowest BCUT2D eigenvalue weighted by Gasteiger charge is -2.46. The molecule has 1 aromatic heterocycles. The lowest BCUT2D eigenvalue weighted by Crippen LogP contribution is -2.62. The van der Waals surface area contributed by atoms with Crippen LogP contribution < -0.4 is 21.0 Å². The van der Waals surface area contributed by atoms with Crippen LogP contribution in [0.5, 0.6) is 5.75 Å². The highest BCUT2D eigenvalue weighted by atomic mass is 16.5. The summed E-state index contributed by atoms with van der Waals surface area (Å²) in [5.41, 5.74) is 0.937. The number of amides is 1. The van der Waals surface area contributed by atoms with Crippen molar-refractivity contribution in [3.63, 3.8) is 0 Å². The molecule has 2 heterocycles. The topological polar surface area (TPSA) is 80.6 Å². The first kappa shape index (κ1) is 21.4. The second-order valence-electron chi connectivity index (χ2n) is 9.37. The highest BCUT2D eigenvalue weighted by molar-refractivity contribution is 5.83. The van der Waals surface area contributed by atoms with Gasteiger partial charge in [-0.3, -0.25) is 4.79 Å². The Balaban J connectivity index is 1.70. The van der Waals surface area contributed by atoms with E-state index in [9.17, 15) is 9.59 Å². The molecule has 2 aromatic rings. The summed E-state index contributed by atoms with van der Waals surface area (Å²) in [6.45, 7) is 12.3. The molecule has 1 aliphatic heterocycles. The standard InChI is InChI=1S/C23H32N2O4/c1-7-15-10-20(26)29-19-11-17(8-9-18(15)19)28-14(2)21(27)24-16-12-22(3,4)25-23(5,6)13-16/h8-11,14,16,25H,7,12-13H2,1-6H3,(H,24,27)/t14-/m0/s1. The van der Waals surface area contributed by atoms with Gasteiger partial charge >= 0.3 is 5.63 Å². The maximum absolute atomic E-state index is 12.7. The van der Waals surface area contributed by atoms with Crippen molar-refractivity contribution in [1.82, 2.24) is 10.6 Å². The summed E-state index contributed by atoms with van der Waals surface area (Å²) in [6, 6.07) is 6.95. The Bertz CT molecular complexity index is 945. The van der Waals surface area contributed by atoms with Gasteiger partial charge in [-0.2, -0.15) is 0 Å². The van der Waals surface area contributed by atoms with Gasteiger partial charge in [0.25, 0.3) is 5.91 Å². The van der Waals surface area contributed by atoms with Crippen molar-refractivity contribution in [2.45, 2.75) is 84.0 Å². The molecule has 3 rings (SSSR count). The smallest absolute Gasteiger partial charge is 0.336 e. The molecule has 1 saturated heterocycles. The predicted molar refractivity (Wildman–Crippen MR) is 114 cm³/mol. The molecule has 6 heteroatoms. The summed E-state index contributed by atoms with van der Waals surface area (Å²) in [6.07, 6.45) is 1.80. The summed E-state index contributed by atoms with van der Waals surface area (Å²) in [4.78, 5) is 24.5. The fraction of sp³-hybridized carbons (Fsp3) is 0.565. The Morgan fingerprint density at radius 2 is 1.90 bits per heavy atom. The largest absolute Gasteiger partial charge is 0.481 e. The van der Waals surface area contributed by atoms with Crippen LogP contribution in [0.15, 0.2) is 33.5 Å². The van der Waals surface area contributed by atoms with Crippen molar-refractivity contribution in [1.29, 1.82) is 0 Å². The van der Waals surface area contributed by atoms with Gasteiger partial charge in [0.1, 0.15) is 11.3 Å². The number of carbonyl (C=O) groups is 1. The number of rotatable bonds is 5. The molecule has 29 heavy (non-hydrogen) atoms. The van der Waals surface area contributed by atoms with Gasteiger partial charge < -0.3 is 19.8 Å². The van der Waals surface area contributed by atoms with Gasteiger partial charge in [-0.25, -0.2) is 4.79 Å².